The average Bonchev–Trinajstić information content (AvgIpc) is 2.72. The second-order valence-electron chi connectivity index (χ2n) is 8.83. The zero-order chi connectivity index (χ0) is 21.7. The standard InChI is InChI=1S/C24H31N5O/c1-16(2)21(15-30)28-23-27-20(17-7-6-12-25-14-17)13-22(29-23)26-19-10-8-18(9-11-19)24(3,4)5/h6-14,16,21,30H,15H2,1-5H3,(H2,26,27,28,29)/t21-/m1/s1. The van der Waals surface area contributed by atoms with Crippen molar-refractivity contribution in [2.24, 2.45) is 5.92 Å². The minimum absolute atomic E-state index is 0.00910. The van der Waals surface area contributed by atoms with Crippen molar-refractivity contribution in [1.29, 1.82) is 0 Å². The van der Waals surface area contributed by atoms with Crippen molar-refractivity contribution in [3.8, 4) is 11.3 Å². The van der Waals surface area contributed by atoms with Gasteiger partial charge in [-0.05, 0) is 41.2 Å². The number of nitrogens with one attached hydrogen (secondary N) is 2. The fraction of sp³-hybridized carbons (Fsp3) is 0.375. The van der Waals surface area contributed by atoms with Crippen LogP contribution in [0.15, 0.2) is 54.9 Å². The van der Waals surface area contributed by atoms with Crippen LogP contribution in [0.3, 0.4) is 0 Å². The van der Waals surface area contributed by atoms with E-state index in [4.69, 9.17) is 0 Å². The second-order valence-corrected chi connectivity index (χ2v) is 8.83. The molecular weight excluding hydrogens is 374 g/mol. The lowest BCUT2D eigenvalue weighted by atomic mass is 9.87. The predicted molar refractivity (Wildman–Crippen MR) is 123 cm³/mol. The van der Waals surface area contributed by atoms with Crippen LogP contribution < -0.4 is 10.6 Å². The Bertz CT molecular complexity index is 950. The Labute approximate surface area is 178 Å². The first-order valence-corrected chi connectivity index (χ1v) is 10.3. The van der Waals surface area contributed by atoms with E-state index >= 15 is 0 Å². The molecule has 0 radical (unpaired) electrons. The second kappa shape index (κ2) is 9.22. The number of hydrogen-bond donors (Lipinski definition) is 3. The maximum Gasteiger partial charge on any atom is 0.225 e. The van der Waals surface area contributed by atoms with Crippen LogP contribution in [-0.2, 0) is 5.41 Å². The number of aliphatic hydroxyl groups excluding tert-OH is 1. The number of nitrogens with zero attached hydrogens (tertiary/aromatic N) is 3. The molecule has 3 rings (SSSR count). The van der Waals surface area contributed by atoms with Gasteiger partial charge in [0, 0.05) is 29.7 Å². The fourth-order valence-corrected chi connectivity index (χ4v) is 3.03. The van der Waals surface area contributed by atoms with Gasteiger partial charge in [0.1, 0.15) is 5.82 Å². The van der Waals surface area contributed by atoms with Crippen LogP contribution in [0.25, 0.3) is 11.3 Å². The molecule has 0 saturated heterocycles. The van der Waals surface area contributed by atoms with Crippen LogP contribution >= 0.6 is 0 Å². The molecule has 6 heteroatoms. The van der Waals surface area contributed by atoms with Crippen LogP contribution in [0, 0.1) is 5.92 Å². The largest absolute Gasteiger partial charge is 0.394 e. The lowest BCUT2D eigenvalue weighted by Crippen LogP contribution is -2.30. The van der Waals surface area contributed by atoms with E-state index in [-0.39, 0.29) is 24.0 Å². The number of hydrogen-bond acceptors (Lipinski definition) is 6. The van der Waals surface area contributed by atoms with E-state index < -0.39 is 0 Å². The summed E-state index contributed by atoms with van der Waals surface area (Å²) in [5, 5.41) is 16.3. The third kappa shape index (κ3) is 5.54. The van der Waals surface area contributed by atoms with Gasteiger partial charge in [-0.15, -0.1) is 0 Å². The lowest BCUT2D eigenvalue weighted by Gasteiger charge is -2.21. The van der Waals surface area contributed by atoms with Gasteiger partial charge in [0.05, 0.1) is 18.3 Å². The highest BCUT2D eigenvalue weighted by Crippen LogP contribution is 2.26. The molecule has 0 aliphatic rings. The molecule has 0 unspecified atom stereocenters. The van der Waals surface area contributed by atoms with Gasteiger partial charge in [0.2, 0.25) is 5.95 Å². The minimum atomic E-state index is -0.131. The summed E-state index contributed by atoms with van der Waals surface area (Å²) in [5.41, 5.74) is 3.99. The molecule has 30 heavy (non-hydrogen) atoms. The van der Waals surface area contributed by atoms with E-state index in [1.54, 1.807) is 12.4 Å². The number of anilines is 3. The highest BCUT2D eigenvalue weighted by Gasteiger charge is 2.16. The van der Waals surface area contributed by atoms with Crippen LogP contribution in [0.4, 0.5) is 17.5 Å². The Morgan fingerprint density at radius 1 is 1.03 bits per heavy atom. The molecule has 3 aromatic rings. The van der Waals surface area contributed by atoms with Crippen molar-refractivity contribution < 1.29 is 5.11 Å². The molecule has 0 aliphatic heterocycles. The van der Waals surface area contributed by atoms with Crippen LogP contribution in [0.5, 0.6) is 0 Å². The number of benzene rings is 1. The minimum Gasteiger partial charge on any atom is -0.394 e. The Hall–Kier alpha value is -2.99. The fourth-order valence-electron chi connectivity index (χ4n) is 3.03. The molecule has 0 bridgehead atoms. The quantitative estimate of drug-likeness (QED) is 0.513. The molecule has 0 fully saturated rings. The van der Waals surface area contributed by atoms with Gasteiger partial charge in [-0.2, -0.15) is 4.98 Å². The Balaban J connectivity index is 1.93. The normalized spacial score (nSPS) is 12.6. The third-order valence-electron chi connectivity index (χ3n) is 5.02. The Morgan fingerprint density at radius 2 is 1.77 bits per heavy atom. The summed E-state index contributed by atoms with van der Waals surface area (Å²) in [6.45, 7) is 10.7. The van der Waals surface area contributed by atoms with Crippen molar-refractivity contribution >= 4 is 17.5 Å². The van der Waals surface area contributed by atoms with Crippen molar-refractivity contribution in [3.63, 3.8) is 0 Å². The SMILES string of the molecule is CC(C)[C@@H](CO)Nc1nc(Nc2ccc(C(C)(C)C)cc2)cc(-c2cccnc2)n1. The molecule has 6 nitrogen and oxygen atoms in total. The van der Waals surface area contributed by atoms with E-state index in [1.165, 1.54) is 5.56 Å². The summed E-state index contributed by atoms with van der Waals surface area (Å²) in [6.07, 6.45) is 3.51. The first-order chi connectivity index (χ1) is 14.3. The highest BCUT2D eigenvalue weighted by atomic mass is 16.3. The van der Waals surface area contributed by atoms with Gasteiger partial charge in [-0.1, -0.05) is 46.8 Å². The summed E-state index contributed by atoms with van der Waals surface area (Å²) in [7, 11) is 0. The van der Waals surface area contributed by atoms with Crippen LogP contribution in [-0.4, -0.2) is 32.7 Å². The predicted octanol–water partition coefficient (Wildman–Crippen LogP) is 5.01. The van der Waals surface area contributed by atoms with Gasteiger partial charge in [0.25, 0.3) is 0 Å². The Morgan fingerprint density at radius 3 is 2.33 bits per heavy atom. The molecule has 0 spiro atoms. The van der Waals surface area contributed by atoms with Crippen molar-refractivity contribution in [2.45, 2.75) is 46.1 Å². The summed E-state index contributed by atoms with van der Waals surface area (Å²) in [4.78, 5) is 13.5. The van der Waals surface area contributed by atoms with Crippen molar-refractivity contribution in [2.75, 3.05) is 17.2 Å². The number of pyridine rings is 1. The van der Waals surface area contributed by atoms with E-state index in [0.717, 1.165) is 16.9 Å². The molecular formula is C24H31N5O. The molecule has 0 saturated carbocycles. The summed E-state index contributed by atoms with van der Waals surface area (Å²) >= 11 is 0. The smallest absolute Gasteiger partial charge is 0.225 e. The highest BCUT2D eigenvalue weighted by molar-refractivity contribution is 5.67. The van der Waals surface area contributed by atoms with Crippen LogP contribution in [0.1, 0.15) is 40.2 Å². The first-order valence-electron chi connectivity index (χ1n) is 10.3. The number of aromatic nitrogens is 3. The van der Waals surface area contributed by atoms with E-state index in [9.17, 15) is 5.11 Å². The molecule has 1 atom stereocenters. The molecule has 3 N–H and O–H groups in total. The molecule has 1 aromatic carbocycles. The molecule has 2 heterocycles. The third-order valence-corrected chi connectivity index (χ3v) is 5.02. The molecule has 0 aliphatic carbocycles. The van der Waals surface area contributed by atoms with Crippen molar-refractivity contribution in [1.82, 2.24) is 15.0 Å². The topological polar surface area (TPSA) is 83.0 Å². The molecule has 0 amide bonds. The lowest BCUT2D eigenvalue weighted by molar-refractivity contribution is 0.248. The van der Waals surface area contributed by atoms with Gasteiger partial charge in [-0.3, -0.25) is 4.98 Å². The zero-order valence-corrected chi connectivity index (χ0v) is 18.3. The summed E-state index contributed by atoms with van der Waals surface area (Å²) < 4.78 is 0. The molecule has 158 valence electrons. The monoisotopic (exact) mass is 405 g/mol. The summed E-state index contributed by atoms with van der Waals surface area (Å²) in [5.74, 6) is 1.38. The average molecular weight is 406 g/mol. The van der Waals surface area contributed by atoms with Gasteiger partial charge >= 0.3 is 0 Å². The van der Waals surface area contributed by atoms with Gasteiger partial charge in [-0.25, -0.2) is 4.98 Å². The molecule has 2 aromatic heterocycles. The maximum atomic E-state index is 9.70. The van der Waals surface area contributed by atoms with E-state index in [0.29, 0.717) is 11.8 Å². The van der Waals surface area contributed by atoms with Crippen LogP contribution in [0.2, 0.25) is 0 Å². The van der Waals surface area contributed by atoms with Gasteiger partial charge < -0.3 is 15.7 Å². The maximum absolute atomic E-state index is 9.70. The Kier molecular flexibility index (Phi) is 6.67. The van der Waals surface area contributed by atoms with E-state index in [2.05, 4.69) is 84.5 Å². The number of aliphatic hydroxyl groups is 1. The summed E-state index contributed by atoms with van der Waals surface area (Å²) in [6, 6.07) is 14.0. The van der Waals surface area contributed by atoms with E-state index in [1.807, 2.05) is 18.2 Å². The van der Waals surface area contributed by atoms with Gasteiger partial charge in [0.15, 0.2) is 0 Å². The van der Waals surface area contributed by atoms with Crippen molar-refractivity contribution in [3.05, 3.63) is 60.4 Å². The number of rotatable bonds is 7. The first kappa shape index (κ1) is 21.7. The zero-order valence-electron chi connectivity index (χ0n) is 18.3.